The zero-order valence-electron chi connectivity index (χ0n) is 16.1. The summed E-state index contributed by atoms with van der Waals surface area (Å²) in [6.07, 6.45) is 6.36. The zero-order valence-corrected chi connectivity index (χ0v) is 19.3. The van der Waals surface area contributed by atoms with Crippen LogP contribution < -0.4 is 0 Å². The van der Waals surface area contributed by atoms with Crippen LogP contribution in [0.3, 0.4) is 0 Å². The van der Waals surface area contributed by atoms with Gasteiger partial charge in [-0.05, 0) is 0 Å². The van der Waals surface area contributed by atoms with Gasteiger partial charge in [0.2, 0.25) is 0 Å². The van der Waals surface area contributed by atoms with Crippen LogP contribution in [0, 0.1) is 0 Å². The molecule has 140 valence electrons. The molecule has 1 aliphatic rings. The van der Waals surface area contributed by atoms with Gasteiger partial charge in [-0.1, -0.05) is 0 Å². The molecule has 0 unspecified atom stereocenters. The number of rotatable bonds is 11. The van der Waals surface area contributed by atoms with Crippen LogP contribution in [0.1, 0.15) is 53.4 Å². The summed E-state index contributed by atoms with van der Waals surface area (Å²) in [5.74, 6) is 0. The molecular formula is C18H36O3PtSi. The van der Waals surface area contributed by atoms with Crippen LogP contribution in [0.2, 0.25) is 15.9 Å². The minimum atomic E-state index is -2.78. The molecule has 0 saturated heterocycles. The van der Waals surface area contributed by atoms with E-state index in [1.54, 1.807) is 3.96 Å². The normalized spacial score (nSPS) is 16.9. The molecule has 0 fully saturated rings. The van der Waals surface area contributed by atoms with Crippen LogP contribution in [-0.4, -0.2) is 28.6 Å². The van der Waals surface area contributed by atoms with Crippen molar-refractivity contribution in [2.45, 2.75) is 69.3 Å². The molecule has 0 radical (unpaired) electrons. The van der Waals surface area contributed by atoms with Gasteiger partial charge in [-0.25, -0.2) is 0 Å². The summed E-state index contributed by atoms with van der Waals surface area (Å²) in [5.41, 5.74) is 1.41. The van der Waals surface area contributed by atoms with E-state index in [9.17, 15) is 0 Å². The van der Waals surface area contributed by atoms with Crippen molar-refractivity contribution in [1.82, 2.24) is 0 Å². The van der Waals surface area contributed by atoms with E-state index >= 15 is 0 Å². The van der Waals surface area contributed by atoms with E-state index in [1.807, 2.05) is 0 Å². The Morgan fingerprint density at radius 1 is 0.913 bits per heavy atom. The van der Waals surface area contributed by atoms with Gasteiger partial charge < -0.3 is 0 Å². The Morgan fingerprint density at radius 2 is 1.35 bits per heavy atom. The van der Waals surface area contributed by atoms with Crippen LogP contribution in [-0.2, 0) is 29.3 Å². The Kier molecular flexibility index (Phi) is 8.96. The van der Waals surface area contributed by atoms with E-state index in [0.29, 0.717) is 19.8 Å². The van der Waals surface area contributed by atoms with Crippen LogP contribution in [0.15, 0.2) is 20.8 Å². The summed E-state index contributed by atoms with van der Waals surface area (Å²) < 4.78 is 20.6. The first kappa shape index (κ1) is 21.3. The molecule has 0 aromatic heterocycles. The Labute approximate surface area is 148 Å². The molecule has 0 saturated carbocycles. The maximum absolute atomic E-state index is 6.31. The van der Waals surface area contributed by atoms with Crippen molar-refractivity contribution >= 4 is 8.80 Å². The van der Waals surface area contributed by atoms with Gasteiger partial charge in [0.05, 0.1) is 0 Å². The SMILES string of the molecule is CCCO[Si](OCCC)(OCCC)C1=CC[C]([Pt]([CH3])([CH3])[CH3])=C1C. The monoisotopic (exact) mass is 523 g/mol. The molecule has 0 spiro atoms. The average Bonchev–Trinajstić information content (AvgIpc) is 2.89. The molecule has 0 amide bonds. The molecule has 3 nitrogen and oxygen atoms in total. The first-order valence-corrected chi connectivity index (χ1v) is 18.2. The van der Waals surface area contributed by atoms with Crippen molar-refractivity contribution in [3.8, 4) is 0 Å². The molecule has 1 aliphatic carbocycles. The second kappa shape index (κ2) is 9.67. The van der Waals surface area contributed by atoms with Gasteiger partial charge in [0.25, 0.3) is 0 Å². The van der Waals surface area contributed by atoms with Gasteiger partial charge in [-0.2, -0.15) is 0 Å². The Hall–Kier alpha value is 0.265. The maximum atomic E-state index is 6.31. The van der Waals surface area contributed by atoms with Gasteiger partial charge >= 0.3 is 148 Å². The van der Waals surface area contributed by atoms with Gasteiger partial charge in [0.15, 0.2) is 0 Å². The summed E-state index contributed by atoms with van der Waals surface area (Å²) in [7, 11) is -2.78. The third kappa shape index (κ3) is 5.64. The van der Waals surface area contributed by atoms with Gasteiger partial charge in [0.1, 0.15) is 0 Å². The quantitative estimate of drug-likeness (QED) is 0.328. The number of allylic oxidation sites excluding steroid dienone is 4. The molecule has 0 bridgehead atoms. The molecule has 5 heteroatoms. The van der Waals surface area contributed by atoms with Crippen LogP contribution in [0.5, 0.6) is 0 Å². The van der Waals surface area contributed by atoms with Crippen LogP contribution >= 0.6 is 0 Å². The second-order valence-corrected chi connectivity index (χ2v) is 20.5. The summed E-state index contributed by atoms with van der Waals surface area (Å²) in [4.78, 5) is 0. The van der Waals surface area contributed by atoms with Crippen molar-refractivity contribution in [3.63, 3.8) is 0 Å². The first-order valence-electron chi connectivity index (χ1n) is 8.51. The Bertz CT molecular complexity index is 416. The molecule has 0 aromatic carbocycles. The molecule has 0 aromatic rings. The van der Waals surface area contributed by atoms with E-state index < -0.39 is 24.9 Å². The van der Waals surface area contributed by atoms with Gasteiger partial charge in [-0.3, -0.25) is 0 Å². The predicted molar refractivity (Wildman–Crippen MR) is 97.5 cm³/mol. The third-order valence-corrected chi connectivity index (χ3v) is 12.1. The molecule has 1 rings (SSSR count). The summed E-state index contributed by atoms with van der Waals surface area (Å²) in [5, 5.41) is 8.62. The molecule has 0 heterocycles. The Morgan fingerprint density at radius 3 is 1.65 bits per heavy atom. The van der Waals surface area contributed by atoms with Crippen LogP contribution in [0.25, 0.3) is 0 Å². The fourth-order valence-electron chi connectivity index (χ4n) is 2.60. The summed E-state index contributed by atoms with van der Waals surface area (Å²) in [6.45, 7) is 10.8. The number of hydrogen-bond acceptors (Lipinski definition) is 3. The van der Waals surface area contributed by atoms with Crippen molar-refractivity contribution in [1.29, 1.82) is 0 Å². The standard InChI is InChI=1S/C15H27O3Si.3CH3.Pt/c1-5-11-16-19(17-12-6-2,18-13-7-3)15-10-8-9-14(15)4;;;;/h10H,5-8,11-13H2,1-4H3;3*1H3;. The van der Waals surface area contributed by atoms with Crippen molar-refractivity contribution in [3.05, 3.63) is 20.8 Å². The van der Waals surface area contributed by atoms with E-state index in [-0.39, 0.29) is 0 Å². The van der Waals surface area contributed by atoms with Crippen molar-refractivity contribution in [2.24, 2.45) is 0 Å². The van der Waals surface area contributed by atoms with Crippen molar-refractivity contribution < 1.29 is 29.3 Å². The fraction of sp³-hybridized carbons (Fsp3) is 0.778. The summed E-state index contributed by atoms with van der Waals surface area (Å²) >= 11 is -1.76. The average molecular weight is 524 g/mol. The third-order valence-electron chi connectivity index (χ3n) is 3.65. The molecule has 23 heavy (non-hydrogen) atoms. The summed E-state index contributed by atoms with van der Waals surface area (Å²) in [6, 6.07) is 0. The topological polar surface area (TPSA) is 27.7 Å². The van der Waals surface area contributed by atoms with Crippen molar-refractivity contribution in [2.75, 3.05) is 19.8 Å². The Balaban J connectivity index is 3.18. The van der Waals surface area contributed by atoms with E-state index in [1.165, 1.54) is 10.8 Å². The van der Waals surface area contributed by atoms with E-state index in [0.717, 1.165) is 25.7 Å². The molecule has 0 atom stereocenters. The van der Waals surface area contributed by atoms with E-state index in [2.05, 4.69) is 49.7 Å². The van der Waals surface area contributed by atoms with Gasteiger partial charge in [0, 0.05) is 0 Å². The number of hydrogen-bond donors (Lipinski definition) is 0. The fourth-order valence-corrected chi connectivity index (χ4v) is 10.4. The first-order chi connectivity index (χ1) is 10.8. The molecule has 0 N–H and O–H groups in total. The minimum absolute atomic E-state index is 0.704. The molecule has 0 aliphatic heterocycles. The second-order valence-electron chi connectivity index (χ2n) is 6.34. The predicted octanol–water partition coefficient (Wildman–Crippen LogP) is 5.65. The van der Waals surface area contributed by atoms with Crippen LogP contribution in [0.4, 0.5) is 0 Å². The van der Waals surface area contributed by atoms with E-state index in [4.69, 9.17) is 13.3 Å². The van der Waals surface area contributed by atoms with Gasteiger partial charge in [-0.15, -0.1) is 0 Å². The molecular weight excluding hydrogens is 487 g/mol. The zero-order chi connectivity index (χ0) is 17.5.